The second-order valence-corrected chi connectivity index (χ2v) is 15.9. The first-order chi connectivity index (χ1) is 31.4. The van der Waals surface area contributed by atoms with E-state index in [1.165, 1.54) is 21.3 Å². The van der Waals surface area contributed by atoms with Crippen LogP contribution in [0.1, 0.15) is 81.2 Å². The molecule has 6 aromatic rings. The van der Waals surface area contributed by atoms with Crippen LogP contribution in [0.5, 0.6) is 23.0 Å². The number of methoxy groups -OCH3 is 4. The number of H-pyrrole nitrogens is 1. The fraction of sp³-hybridized carbons (Fsp3) is 0.396. The van der Waals surface area contributed by atoms with Gasteiger partial charge in [-0.3, -0.25) is 14.4 Å². The number of likely N-dealkylation sites (tertiary alicyclic amines) is 1. The Morgan fingerprint density at radius 3 is 2.23 bits per heavy atom. The zero-order valence-electron chi connectivity index (χ0n) is 37.0. The molecule has 17 heteroatoms. The number of halogens is 3. The van der Waals surface area contributed by atoms with Gasteiger partial charge < -0.3 is 43.5 Å². The Kier molecular flexibility index (Phi) is 14.7. The molecule has 344 valence electrons. The Morgan fingerprint density at radius 1 is 0.877 bits per heavy atom. The van der Waals surface area contributed by atoms with E-state index in [0.717, 1.165) is 24.2 Å². The number of carbonyl (C=O) groups is 3. The molecule has 65 heavy (non-hydrogen) atoms. The van der Waals surface area contributed by atoms with Crippen molar-refractivity contribution in [2.75, 3.05) is 61.3 Å². The molecule has 2 N–H and O–H groups in total. The molecule has 0 spiro atoms. The van der Waals surface area contributed by atoms with Gasteiger partial charge in [0.1, 0.15) is 17.9 Å². The molecule has 1 fully saturated rings. The number of rotatable bonds is 20. The number of fused-ring (bicyclic) bond motifs is 2. The van der Waals surface area contributed by atoms with Crippen LogP contribution in [0.4, 0.5) is 13.2 Å². The molecule has 0 radical (unpaired) electrons. The average molecular weight is 899 g/mol. The van der Waals surface area contributed by atoms with Crippen LogP contribution in [-0.4, -0.2) is 115 Å². The summed E-state index contributed by atoms with van der Waals surface area (Å²) in [5.74, 6) is 0.781. The molecule has 2 aromatic heterocycles. The van der Waals surface area contributed by atoms with Crippen molar-refractivity contribution in [3.8, 4) is 23.0 Å². The van der Waals surface area contributed by atoms with E-state index in [4.69, 9.17) is 23.7 Å². The lowest BCUT2D eigenvalue weighted by molar-refractivity contribution is -0.174. The molecule has 3 heterocycles. The minimum absolute atomic E-state index is 0.0261. The molecule has 1 aliphatic heterocycles. The second-order valence-electron chi connectivity index (χ2n) is 15.9. The first-order valence-corrected chi connectivity index (χ1v) is 21.5. The Labute approximate surface area is 374 Å². The third-order valence-electron chi connectivity index (χ3n) is 12.0. The fourth-order valence-corrected chi connectivity index (χ4v) is 8.64. The summed E-state index contributed by atoms with van der Waals surface area (Å²) in [6, 6.07) is 23.3. The first-order valence-electron chi connectivity index (χ1n) is 21.5. The van der Waals surface area contributed by atoms with E-state index in [1.807, 2.05) is 24.3 Å². The molecule has 1 aliphatic rings. The average Bonchev–Trinajstić information content (AvgIpc) is 3.94. The SMILES string of the molecule is CCC(CC(CNC(=O)c1cc(OC)c(OC)c(OC)c1)c1ccc(OC)cc1)N1CCC(C(=O)c2nc3c(C(=O)c4nc5ccccc5n4CCOCC(F)(F)F)cccc3[nH]2)CC1. The second kappa shape index (κ2) is 20.6. The van der Waals surface area contributed by atoms with Crippen molar-refractivity contribution in [3.63, 3.8) is 0 Å². The van der Waals surface area contributed by atoms with Gasteiger partial charge in [0, 0.05) is 36.5 Å². The molecular formula is C48H53F3N6O8. The van der Waals surface area contributed by atoms with Crippen LogP contribution in [0.25, 0.3) is 22.1 Å². The third kappa shape index (κ3) is 10.6. The molecule has 0 bridgehead atoms. The van der Waals surface area contributed by atoms with E-state index in [-0.39, 0.29) is 59.9 Å². The maximum absolute atomic E-state index is 14.2. The van der Waals surface area contributed by atoms with Crippen molar-refractivity contribution in [1.29, 1.82) is 0 Å². The van der Waals surface area contributed by atoms with Gasteiger partial charge in [-0.1, -0.05) is 37.3 Å². The lowest BCUT2D eigenvalue weighted by Gasteiger charge is -2.38. The highest BCUT2D eigenvalue weighted by Gasteiger charge is 2.33. The van der Waals surface area contributed by atoms with Crippen LogP contribution in [0, 0.1) is 5.92 Å². The van der Waals surface area contributed by atoms with Gasteiger partial charge in [0.25, 0.3) is 5.91 Å². The summed E-state index contributed by atoms with van der Waals surface area (Å²) in [6.07, 6.45) is -1.69. The fourth-order valence-electron chi connectivity index (χ4n) is 8.64. The van der Waals surface area contributed by atoms with Crippen LogP contribution in [0.15, 0.2) is 78.9 Å². The van der Waals surface area contributed by atoms with Crippen molar-refractivity contribution in [2.24, 2.45) is 5.92 Å². The number of nitrogens with one attached hydrogen (secondary N) is 2. The predicted octanol–water partition coefficient (Wildman–Crippen LogP) is 8.03. The first kappa shape index (κ1) is 46.5. The number of alkyl halides is 3. The number of hydrogen-bond donors (Lipinski definition) is 2. The standard InChI is InChI=1S/C48H53F3N6O8/c1-6-33(24-32(29-14-16-34(61-2)17-15-29)27-52-47(60)31-25-39(62-3)44(64-5)40(26-31)63-4)56-20-18-30(19-21-56)42(58)45-53-37-12-9-10-35(41(37)55-45)43(59)46-54-36-11-7-8-13-38(36)57(46)22-23-65-28-48(49,50)51/h7-17,25-26,30,32-33H,6,18-24,27-28H2,1-5H3,(H,52,60)(H,53,55). The van der Waals surface area contributed by atoms with Gasteiger partial charge in [-0.2, -0.15) is 13.2 Å². The lowest BCUT2D eigenvalue weighted by atomic mass is 9.87. The van der Waals surface area contributed by atoms with E-state index in [9.17, 15) is 27.6 Å². The van der Waals surface area contributed by atoms with E-state index >= 15 is 0 Å². The molecule has 2 atom stereocenters. The number of para-hydroxylation sites is 3. The van der Waals surface area contributed by atoms with Gasteiger partial charge in [0.15, 0.2) is 23.1 Å². The van der Waals surface area contributed by atoms with Crippen LogP contribution in [0.3, 0.4) is 0 Å². The number of hydrogen-bond acceptors (Lipinski definition) is 11. The number of piperidine rings is 1. The Bertz CT molecular complexity index is 2590. The third-order valence-corrected chi connectivity index (χ3v) is 12.0. The summed E-state index contributed by atoms with van der Waals surface area (Å²) < 4.78 is 66.6. The van der Waals surface area contributed by atoms with E-state index in [0.29, 0.717) is 77.4 Å². The molecule has 2 unspecified atom stereocenters. The van der Waals surface area contributed by atoms with Crippen molar-refractivity contribution < 1.29 is 51.2 Å². The van der Waals surface area contributed by atoms with Crippen molar-refractivity contribution >= 4 is 39.5 Å². The van der Waals surface area contributed by atoms with E-state index in [1.54, 1.807) is 66.3 Å². The lowest BCUT2D eigenvalue weighted by Crippen LogP contribution is -2.44. The van der Waals surface area contributed by atoms with Gasteiger partial charge in [0.05, 0.1) is 57.2 Å². The van der Waals surface area contributed by atoms with Crippen molar-refractivity contribution in [3.05, 3.63) is 107 Å². The van der Waals surface area contributed by atoms with E-state index < -0.39 is 18.6 Å². The molecule has 4 aromatic carbocycles. The van der Waals surface area contributed by atoms with Gasteiger partial charge in [-0.25, -0.2) is 9.97 Å². The zero-order valence-corrected chi connectivity index (χ0v) is 37.0. The normalized spacial score (nSPS) is 14.6. The van der Waals surface area contributed by atoms with Crippen molar-refractivity contribution in [1.82, 2.24) is 29.7 Å². The van der Waals surface area contributed by atoms with Gasteiger partial charge in [0.2, 0.25) is 17.3 Å². The van der Waals surface area contributed by atoms with Crippen LogP contribution >= 0.6 is 0 Å². The Morgan fingerprint density at radius 2 is 1.58 bits per heavy atom. The minimum atomic E-state index is -4.48. The Hall–Kier alpha value is -6.46. The number of carbonyl (C=O) groups excluding carboxylic acids is 3. The number of imidazole rings is 2. The maximum atomic E-state index is 14.2. The monoisotopic (exact) mass is 898 g/mol. The largest absolute Gasteiger partial charge is 0.497 e. The highest BCUT2D eigenvalue weighted by molar-refractivity contribution is 6.15. The molecule has 1 amide bonds. The van der Waals surface area contributed by atoms with Gasteiger partial charge >= 0.3 is 6.18 Å². The summed E-state index contributed by atoms with van der Waals surface area (Å²) in [6.45, 7) is 2.12. The van der Waals surface area contributed by atoms with Crippen molar-refractivity contribution in [2.45, 2.75) is 57.3 Å². The minimum Gasteiger partial charge on any atom is -0.497 e. The summed E-state index contributed by atoms with van der Waals surface area (Å²) in [4.78, 5) is 56.6. The molecule has 7 rings (SSSR count). The number of ketones is 2. The summed E-state index contributed by atoms with van der Waals surface area (Å²) >= 11 is 0. The van der Waals surface area contributed by atoms with E-state index in [2.05, 4.69) is 32.1 Å². The smallest absolute Gasteiger partial charge is 0.411 e. The number of aromatic nitrogens is 4. The van der Waals surface area contributed by atoms with Crippen LogP contribution in [-0.2, 0) is 11.3 Å². The van der Waals surface area contributed by atoms with Gasteiger partial charge in [-0.15, -0.1) is 0 Å². The number of ether oxygens (including phenoxy) is 5. The quantitative estimate of drug-likeness (QED) is 0.0565. The zero-order chi connectivity index (χ0) is 46.3. The Balaban J connectivity index is 1.03. The highest BCUT2D eigenvalue weighted by Crippen LogP contribution is 2.38. The molecule has 0 saturated carbocycles. The molecular weight excluding hydrogens is 846 g/mol. The number of amides is 1. The summed E-state index contributed by atoms with van der Waals surface area (Å²) in [5.41, 5.74) is 3.50. The summed E-state index contributed by atoms with van der Waals surface area (Å²) in [7, 11) is 6.12. The summed E-state index contributed by atoms with van der Waals surface area (Å²) in [5, 5.41) is 3.13. The number of Topliss-reactive ketones (excluding diaryl/α,β-unsaturated/α-hetero) is 1. The maximum Gasteiger partial charge on any atom is 0.411 e. The molecule has 14 nitrogen and oxygen atoms in total. The topological polar surface area (TPSA) is 159 Å². The van der Waals surface area contributed by atoms with Crippen LogP contribution in [0.2, 0.25) is 0 Å². The highest BCUT2D eigenvalue weighted by atomic mass is 19.4. The number of nitrogens with zero attached hydrogens (tertiary/aromatic N) is 4. The molecule has 1 saturated heterocycles. The number of benzene rings is 4. The number of aromatic amines is 1. The predicted molar refractivity (Wildman–Crippen MR) is 238 cm³/mol. The molecule has 0 aliphatic carbocycles. The van der Waals surface area contributed by atoms with Gasteiger partial charge in [-0.05, 0) is 92.9 Å². The van der Waals surface area contributed by atoms with Crippen LogP contribution < -0.4 is 24.3 Å².